The molecule has 0 atom stereocenters. The summed E-state index contributed by atoms with van der Waals surface area (Å²) in [4.78, 5) is 4.35. The Balaban J connectivity index is 2.01. The molecule has 0 unspecified atom stereocenters. The molecule has 4 heteroatoms. The lowest BCUT2D eigenvalue weighted by molar-refractivity contribution is 0.268. The molecule has 4 nitrogen and oxygen atoms in total. The summed E-state index contributed by atoms with van der Waals surface area (Å²) in [6.07, 6.45) is 0. The van der Waals surface area contributed by atoms with Crippen molar-refractivity contribution in [2.45, 2.75) is 13.5 Å². The fourth-order valence-corrected chi connectivity index (χ4v) is 2.22. The summed E-state index contributed by atoms with van der Waals surface area (Å²) >= 11 is 0. The lowest BCUT2D eigenvalue weighted by Gasteiger charge is -2.08. The van der Waals surface area contributed by atoms with Gasteiger partial charge in [-0.1, -0.05) is 18.2 Å². The first-order valence-corrected chi connectivity index (χ1v) is 6.49. The largest absolute Gasteiger partial charge is 0.457 e. The average molecular weight is 268 g/mol. The minimum Gasteiger partial charge on any atom is -0.457 e. The van der Waals surface area contributed by atoms with Crippen LogP contribution in [0.1, 0.15) is 11.4 Å². The second-order valence-electron chi connectivity index (χ2n) is 4.76. The van der Waals surface area contributed by atoms with E-state index in [0.717, 1.165) is 28.1 Å². The third-order valence-corrected chi connectivity index (χ3v) is 3.41. The number of para-hydroxylation sites is 1. The number of aryl methyl sites for hydroxylation is 2. The van der Waals surface area contributed by atoms with Crippen LogP contribution >= 0.6 is 0 Å². The van der Waals surface area contributed by atoms with Gasteiger partial charge in [-0.3, -0.25) is 0 Å². The molecule has 3 aromatic rings. The van der Waals surface area contributed by atoms with Gasteiger partial charge in [-0.25, -0.2) is 4.98 Å². The van der Waals surface area contributed by atoms with Gasteiger partial charge in [-0.05, 0) is 30.7 Å². The highest BCUT2D eigenvalue weighted by Crippen LogP contribution is 2.27. The van der Waals surface area contributed by atoms with Crippen LogP contribution in [0.3, 0.4) is 0 Å². The molecule has 0 aliphatic carbocycles. The molecule has 0 aliphatic rings. The molecule has 102 valence electrons. The van der Waals surface area contributed by atoms with E-state index in [-0.39, 0.29) is 6.61 Å². The Labute approximate surface area is 117 Å². The molecular weight excluding hydrogens is 252 g/mol. The fraction of sp³-hybridized carbons (Fsp3) is 0.188. The summed E-state index contributed by atoms with van der Waals surface area (Å²) in [5.74, 6) is 2.25. The van der Waals surface area contributed by atoms with Gasteiger partial charge in [0.05, 0.1) is 11.0 Å². The van der Waals surface area contributed by atoms with Crippen LogP contribution in [-0.2, 0) is 13.7 Å². The highest BCUT2D eigenvalue weighted by atomic mass is 16.5. The topological polar surface area (TPSA) is 47.3 Å². The first kappa shape index (κ1) is 12.7. The zero-order valence-electron chi connectivity index (χ0n) is 11.5. The van der Waals surface area contributed by atoms with Gasteiger partial charge in [0.2, 0.25) is 0 Å². The Hall–Kier alpha value is -2.33. The number of hydrogen-bond acceptors (Lipinski definition) is 3. The summed E-state index contributed by atoms with van der Waals surface area (Å²) in [5.41, 5.74) is 2.89. The normalized spacial score (nSPS) is 10.9. The van der Waals surface area contributed by atoms with Crippen molar-refractivity contribution in [3.05, 3.63) is 53.9 Å². The second kappa shape index (κ2) is 4.98. The number of ether oxygens (including phenoxy) is 1. The Morgan fingerprint density at radius 3 is 2.75 bits per heavy atom. The lowest BCUT2D eigenvalue weighted by atomic mass is 10.2. The Kier molecular flexibility index (Phi) is 3.16. The fourth-order valence-electron chi connectivity index (χ4n) is 2.22. The van der Waals surface area contributed by atoms with Gasteiger partial charge < -0.3 is 14.4 Å². The third kappa shape index (κ3) is 2.14. The van der Waals surface area contributed by atoms with E-state index < -0.39 is 0 Å². The average Bonchev–Trinajstić information content (AvgIpc) is 2.78. The van der Waals surface area contributed by atoms with Crippen molar-refractivity contribution in [1.29, 1.82) is 0 Å². The summed E-state index contributed by atoms with van der Waals surface area (Å²) < 4.78 is 7.79. The second-order valence-corrected chi connectivity index (χ2v) is 4.76. The van der Waals surface area contributed by atoms with Gasteiger partial charge in [0, 0.05) is 13.1 Å². The van der Waals surface area contributed by atoms with E-state index in [4.69, 9.17) is 4.74 Å². The molecule has 1 N–H and O–H groups in total. The first-order chi connectivity index (χ1) is 9.69. The maximum Gasteiger partial charge on any atom is 0.135 e. The number of rotatable bonds is 3. The molecule has 0 radical (unpaired) electrons. The molecular formula is C16H16N2O2. The van der Waals surface area contributed by atoms with Gasteiger partial charge in [-0.2, -0.15) is 0 Å². The minimum absolute atomic E-state index is 0.0703. The number of aliphatic hydroxyl groups excluding tert-OH is 1. The number of benzene rings is 2. The van der Waals surface area contributed by atoms with E-state index in [9.17, 15) is 5.11 Å². The Morgan fingerprint density at radius 2 is 2.00 bits per heavy atom. The van der Waals surface area contributed by atoms with Crippen LogP contribution in [-0.4, -0.2) is 14.7 Å². The molecule has 0 saturated carbocycles. The maximum absolute atomic E-state index is 9.25. The van der Waals surface area contributed by atoms with Crippen LogP contribution in [0.25, 0.3) is 11.0 Å². The van der Waals surface area contributed by atoms with Gasteiger partial charge in [0.15, 0.2) is 0 Å². The molecule has 3 rings (SSSR count). The molecule has 0 fully saturated rings. The quantitative estimate of drug-likeness (QED) is 0.793. The minimum atomic E-state index is -0.0703. The first-order valence-electron chi connectivity index (χ1n) is 6.49. The van der Waals surface area contributed by atoms with Crippen molar-refractivity contribution in [3.63, 3.8) is 0 Å². The Morgan fingerprint density at radius 1 is 1.20 bits per heavy atom. The molecule has 2 aromatic carbocycles. The molecule has 0 saturated heterocycles. The van der Waals surface area contributed by atoms with Crippen LogP contribution < -0.4 is 4.74 Å². The number of nitrogens with zero attached hydrogens (tertiary/aromatic N) is 2. The molecule has 20 heavy (non-hydrogen) atoms. The summed E-state index contributed by atoms with van der Waals surface area (Å²) in [7, 11) is 1.89. The number of imidazole rings is 1. The summed E-state index contributed by atoms with van der Waals surface area (Å²) in [5, 5.41) is 9.25. The van der Waals surface area contributed by atoms with Crippen molar-refractivity contribution < 1.29 is 9.84 Å². The number of aliphatic hydroxyl groups is 1. The molecule has 1 aromatic heterocycles. The highest BCUT2D eigenvalue weighted by molar-refractivity contribution is 5.77. The van der Waals surface area contributed by atoms with Crippen molar-refractivity contribution in [2.75, 3.05) is 0 Å². The smallest absolute Gasteiger partial charge is 0.135 e. The van der Waals surface area contributed by atoms with Crippen LogP contribution in [0, 0.1) is 6.92 Å². The molecule has 0 amide bonds. The van der Waals surface area contributed by atoms with Crippen molar-refractivity contribution in [1.82, 2.24) is 9.55 Å². The van der Waals surface area contributed by atoms with Gasteiger partial charge >= 0.3 is 0 Å². The number of fused-ring (bicyclic) bond motifs is 1. The molecule has 0 spiro atoms. The third-order valence-electron chi connectivity index (χ3n) is 3.41. The van der Waals surface area contributed by atoms with Gasteiger partial charge in [0.1, 0.15) is 23.9 Å². The van der Waals surface area contributed by atoms with E-state index in [1.165, 1.54) is 0 Å². The monoisotopic (exact) mass is 268 g/mol. The van der Waals surface area contributed by atoms with Gasteiger partial charge in [0.25, 0.3) is 0 Å². The van der Waals surface area contributed by atoms with Crippen molar-refractivity contribution >= 4 is 11.0 Å². The SMILES string of the molecule is Cc1ccccc1Oc1ccc2nc(CO)n(C)c2c1. The zero-order chi connectivity index (χ0) is 14.1. The van der Waals surface area contributed by atoms with E-state index in [1.54, 1.807) is 0 Å². The van der Waals surface area contributed by atoms with E-state index in [2.05, 4.69) is 4.98 Å². The predicted octanol–water partition coefficient (Wildman–Crippen LogP) is 3.17. The number of hydrogen-bond donors (Lipinski definition) is 1. The summed E-state index contributed by atoms with van der Waals surface area (Å²) in [6, 6.07) is 13.6. The van der Waals surface area contributed by atoms with Crippen LogP contribution in [0.4, 0.5) is 0 Å². The summed E-state index contributed by atoms with van der Waals surface area (Å²) in [6.45, 7) is 1.95. The molecule has 0 bridgehead atoms. The molecule has 0 aliphatic heterocycles. The van der Waals surface area contributed by atoms with Crippen LogP contribution in [0.2, 0.25) is 0 Å². The van der Waals surface area contributed by atoms with E-state index in [0.29, 0.717) is 5.82 Å². The number of aromatic nitrogens is 2. The van der Waals surface area contributed by atoms with Crippen LogP contribution in [0.5, 0.6) is 11.5 Å². The lowest BCUT2D eigenvalue weighted by Crippen LogP contribution is -1.96. The van der Waals surface area contributed by atoms with Crippen molar-refractivity contribution in [3.8, 4) is 11.5 Å². The standard InChI is InChI=1S/C16H16N2O2/c1-11-5-3-4-6-15(11)20-12-7-8-13-14(9-12)18(2)16(10-19)17-13/h3-9,19H,10H2,1-2H3. The van der Waals surface area contributed by atoms with Crippen LogP contribution in [0.15, 0.2) is 42.5 Å². The van der Waals surface area contributed by atoms with E-state index >= 15 is 0 Å². The molecule has 1 heterocycles. The highest BCUT2D eigenvalue weighted by Gasteiger charge is 2.08. The van der Waals surface area contributed by atoms with Gasteiger partial charge in [-0.15, -0.1) is 0 Å². The Bertz CT molecular complexity index is 762. The predicted molar refractivity (Wildman–Crippen MR) is 77.9 cm³/mol. The van der Waals surface area contributed by atoms with Crippen molar-refractivity contribution in [2.24, 2.45) is 7.05 Å². The maximum atomic E-state index is 9.25. The zero-order valence-corrected chi connectivity index (χ0v) is 11.5. The van der Waals surface area contributed by atoms with E-state index in [1.807, 2.05) is 61.0 Å².